The van der Waals surface area contributed by atoms with Gasteiger partial charge in [0.1, 0.15) is 5.75 Å². The maximum absolute atomic E-state index is 12.1. The van der Waals surface area contributed by atoms with Crippen molar-refractivity contribution in [2.75, 3.05) is 20.1 Å². The van der Waals surface area contributed by atoms with Gasteiger partial charge in [0.2, 0.25) is 0 Å². The average Bonchev–Trinajstić information content (AvgIpc) is 2.55. The van der Waals surface area contributed by atoms with E-state index in [1.165, 1.54) is 12.1 Å². The molecule has 18 heavy (non-hydrogen) atoms. The third kappa shape index (κ3) is 3.14. The minimum atomic E-state index is -4.66. The van der Waals surface area contributed by atoms with E-state index in [0.29, 0.717) is 0 Å². The molecule has 6 heteroatoms. The zero-order valence-corrected chi connectivity index (χ0v) is 9.95. The molecular formula is C12H15F3N2O. The van der Waals surface area contributed by atoms with Crippen molar-refractivity contribution in [1.29, 1.82) is 0 Å². The van der Waals surface area contributed by atoms with Crippen LogP contribution in [0.3, 0.4) is 0 Å². The zero-order chi connectivity index (χ0) is 13.3. The molecule has 1 heterocycles. The van der Waals surface area contributed by atoms with E-state index in [2.05, 4.69) is 9.64 Å². The number of ether oxygens (including phenoxy) is 1. The number of nitrogens with zero attached hydrogens (tertiary/aromatic N) is 1. The molecule has 1 saturated heterocycles. The first-order valence-corrected chi connectivity index (χ1v) is 5.65. The van der Waals surface area contributed by atoms with Crippen molar-refractivity contribution >= 4 is 0 Å². The molecule has 0 bridgehead atoms. The predicted molar refractivity (Wildman–Crippen MR) is 61.3 cm³/mol. The smallest absolute Gasteiger partial charge is 0.406 e. The van der Waals surface area contributed by atoms with Gasteiger partial charge < -0.3 is 15.4 Å². The molecule has 1 aromatic carbocycles. The number of hydrogen-bond acceptors (Lipinski definition) is 3. The van der Waals surface area contributed by atoms with Crippen LogP contribution in [0.1, 0.15) is 11.5 Å². The van der Waals surface area contributed by atoms with E-state index in [1.54, 1.807) is 12.1 Å². The van der Waals surface area contributed by atoms with Crippen LogP contribution in [0.15, 0.2) is 24.3 Å². The normalized spacial score (nSPS) is 25.4. The summed E-state index contributed by atoms with van der Waals surface area (Å²) in [4.78, 5) is 2.06. The molecule has 100 valence electrons. The third-order valence-corrected chi connectivity index (χ3v) is 3.07. The molecule has 2 N–H and O–H groups in total. The zero-order valence-electron chi connectivity index (χ0n) is 9.95. The minimum absolute atomic E-state index is 0.0479. The number of alkyl halides is 3. The lowest BCUT2D eigenvalue weighted by Gasteiger charge is -2.16. The summed E-state index contributed by atoms with van der Waals surface area (Å²) in [6, 6.07) is 5.99. The molecule has 2 unspecified atom stereocenters. The van der Waals surface area contributed by atoms with Crippen molar-refractivity contribution < 1.29 is 17.9 Å². The van der Waals surface area contributed by atoms with Crippen molar-refractivity contribution in [1.82, 2.24) is 4.90 Å². The second-order valence-corrected chi connectivity index (χ2v) is 4.61. The Balaban J connectivity index is 2.17. The van der Waals surface area contributed by atoms with Crippen LogP contribution >= 0.6 is 0 Å². The van der Waals surface area contributed by atoms with E-state index in [0.717, 1.165) is 18.7 Å². The summed E-state index contributed by atoms with van der Waals surface area (Å²) >= 11 is 0. The Morgan fingerprint density at radius 3 is 2.61 bits per heavy atom. The van der Waals surface area contributed by atoms with Crippen LogP contribution in [-0.2, 0) is 0 Å². The number of halogens is 3. The van der Waals surface area contributed by atoms with Crippen LogP contribution < -0.4 is 10.5 Å². The van der Waals surface area contributed by atoms with Crippen molar-refractivity contribution in [3.63, 3.8) is 0 Å². The largest absolute Gasteiger partial charge is 0.573 e. The Bertz CT molecular complexity index is 422. The van der Waals surface area contributed by atoms with E-state index in [-0.39, 0.29) is 17.7 Å². The Labute approximate surface area is 103 Å². The Morgan fingerprint density at radius 1 is 1.33 bits per heavy atom. The summed E-state index contributed by atoms with van der Waals surface area (Å²) in [5.74, 6) is -0.145. The van der Waals surface area contributed by atoms with Gasteiger partial charge >= 0.3 is 6.36 Å². The van der Waals surface area contributed by atoms with Gasteiger partial charge in [0.25, 0.3) is 0 Å². The quantitative estimate of drug-likeness (QED) is 0.883. The van der Waals surface area contributed by atoms with Crippen LogP contribution in [0.4, 0.5) is 13.2 Å². The fourth-order valence-electron chi connectivity index (χ4n) is 2.33. The molecule has 1 aromatic rings. The number of rotatable bonds is 2. The van der Waals surface area contributed by atoms with E-state index in [1.807, 2.05) is 7.05 Å². The summed E-state index contributed by atoms with van der Waals surface area (Å²) in [6.07, 6.45) is -4.66. The molecule has 0 saturated carbocycles. The Kier molecular flexibility index (Phi) is 3.49. The lowest BCUT2D eigenvalue weighted by Crippen LogP contribution is -2.28. The van der Waals surface area contributed by atoms with Crippen LogP contribution in [0.2, 0.25) is 0 Å². The molecule has 2 atom stereocenters. The number of nitrogens with two attached hydrogens (primary N) is 1. The second-order valence-electron chi connectivity index (χ2n) is 4.61. The number of likely N-dealkylation sites (tertiary alicyclic amines) is 1. The van der Waals surface area contributed by atoms with E-state index in [9.17, 15) is 13.2 Å². The molecule has 0 aromatic heterocycles. The molecule has 0 aliphatic carbocycles. The summed E-state index contributed by atoms with van der Waals surface area (Å²) in [5.41, 5.74) is 6.76. The molecule has 1 fully saturated rings. The van der Waals surface area contributed by atoms with E-state index in [4.69, 9.17) is 5.73 Å². The minimum Gasteiger partial charge on any atom is -0.406 e. The molecule has 0 amide bonds. The first-order chi connectivity index (χ1) is 8.35. The van der Waals surface area contributed by atoms with E-state index < -0.39 is 6.36 Å². The summed E-state index contributed by atoms with van der Waals surface area (Å²) in [6.45, 7) is 1.49. The second kappa shape index (κ2) is 4.78. The number of likely N-dealkylation sites (N-methyl/N-ethyl adjacent to an activating group) is 1. The van der Waals surface area contributed by atoms with Crippen LogP contribution in [0.25, 0.3) is 0 Å². The monoisotopic (exact) mass is 260 g/mol. The molecule has 1 aliphatic heterocycles. The first-order valence-electron chi connectivity index (χ1n) is 5.65. The van der Waals surface area contributed by atoms with Gasteiger partial charge in [0.15, 0.2) is 0 Å². The van der Waals surface area contributed by atoms with Gasteiger partial charge in [-0.1, -0.05) is 12.1 Å². The van der Waals surface area contributed by atoms with Crippen LogP contribution in [-0.4, -0.2) is 37.4 Å². The highest BCUT2D eigenvalue weighted by Crippen LogP contribution is 2.30. The highest BCUT2D eigenvalue weighted by atomic mass is 19.4. The third-order valence-electron chi connectivity index (χ3n) is 3.07. The number of hydrogen-bond donors (Lipinski definition) is 1. The highest BCUT2D eigenvalue weighted by Gasteiger charge is 2.32. The fraction of sp³-hybridized carbons (Fsp3) is 0.500. The summed E-state index contributed by atoms with van der Waals surface area (Å²) in [5, 5.41) is 0. The topological polar surface area (TPSA) is 38.5 Å². The van der Waals surface area contributed by atoms with Crippen molar-refractivity contribution in [3.8, 4) is 5.75 Å². The average molecular weight is 260 g/mol. The van der Waals surface area contributed by atoms with Gasteiger partial charge in [-0.05, 0) is 24.7 Å². The van der Waals surface area contributed by atoms with Crippen molar-refractivity contribution in [2.24, 2.45) is 5.73 Å². The number of benzene rings is 1. The lowest BCUT2D eigenvalue weighted by atomic mass is 9.95. The van der Waals surface area contributed by atoms with Crippen molar-refractivity contribution in [3.05, 3.63) is 29.8 Å². The SMILES string of the molecule is CN1CC(N)C(c2cccc(OC(F)(F)F)c2)C1. The van der Waals surface area contributed by atoms with E-state index >= 15 is 0 Å². The molecule has 0 spiro atoms. The Morgan fingerprint density at radius 2 is 2.06 bits per heavy atom. The molecule has 0 radical (unpaired) electrons. The summed E-state index contributed by atoms with van der Waals surface area (Å²) < 4.78 is 40.3. The molecular weight excluding hydrogens is 245 g/mol. The van der Waals surface area contributed by atoms with Gasteiger partial charge in [-0.2, -0.15) is 0 Å². The standard InChI is InChI=1S/C12H15F3N2O/c1-17-6-10(11(16)7-17)8-3-2-4-9(5-8)18-12(13,14)15/h2-5,10-11H,6-7,16H2,1H3. The summed E-state index contributed by atoms with van der Waals surface area (Å²) in [7, 11) is 1.94. The van der Waals surface area contributed by atoms with Gasteiger partial charge in [-0.25, -0.2) is 0 Å². The Hall–Kier alpha value is -1.27. The van der Waals surface area contributed by atoms with Gasteiger partial charge in [-0.15, -0.1) is 13.2 Å². The predicted octanol–water partition coefficient (Wildman–Crippen LogP) is 1.94. The van der Waals surface area contributed by atoms with Crippen LogP contribution in [0.5, 0.6) is 5.75 Å². The van der Waals surface area contributed by atoms with Gasteiger partial charge in [0.05, 0.1) is 0 Å². The van der Waals surface area contributed by atoms with Gasteiger partial charge in [-0.3, -0.25) is 0 Å². The maximum atomic E-state index is 12.1. The molecule has 3 nitrogen and oxygen atoms in total. The molecule has 1 aliphatic rings. The lowest BCUT2D eigenvalue weighted by molar-refractivity contribution is -0.274. The van der Waals surface area contributed by atoms with Crippen LogP contribution in [0, 0.1) is 0 Å². The maximum Gasteiger partial charge on any atom is 0.573 e. The first kappa shape index (κ1) is 13.2. The molecule has 2 rings (SSSR count). The fourth-order valence-corrected chi connectivity index (χ4v) is 2.33. The van der Waals surface area contributed by atoms with Crippen molar-refractivity contribution in [2.45, 2.75) is 18.3 Å². The highest BCUT2D eigenvalue weighted by molar-refractivity contribution is 5.32. The van der Waals surface area contributed by atoms with Gasteiger partial charge in [0, 0.05) is 25.0 Å².